The Hall–Kier alpha value is 0.0631. The zero-order valence-electron chi connectivity index (χ0n) is 5.17. The zero-order chi connectivity index (χ0) is 6.69. The normalized spacial score (nSPS) is 9.56. The van der Waals surface area contributed by atoms with E-state index in [1.165, 1.54) is 8.83 Å². The van der Waals surface area contributed by atoms with Crippen molar-refractivity contribution >= 4 is 28.0 Å². The summed E-state index contributed by atoms with van der Waals surface area (Å²) in [5.74, 6) is 0. The van der Waals surface area contributed by atoms with Crippen molar-refractivity contribution in [1.29, 1.82) is 0 Å². The molecule has 1 nitrogen and oxygen atoms in total. The molecule has 0 radical (unpaired) electrons. The Labute approximate surface area is 70.1 Å². The van der Waals surface area contributed by atoms with Gasteiger partial charge in [0.15, 0.2) is 0 Å². The van der Waals surface area contributed by atoms with Crippen LogP contribution in [0.25, 0.3) is 0 Å². The fourth-order valence-corrected chi connectivity index (χ4v) is 1.98. The van der Waals surface area contributed by atoms with Gasteiger partial charge in [0.05, 0.1) is 0 Å². The van der Waals surface area contributed by atoms with Crippen LogP contribution in [0.1, 0.15) is 5.56 Å². The average molecular weight is 317 g/mol. The fraction of sp³-hybridized carbons (Fsp3) is 0.143. The Morgan fingerprint density at radius 3 is 2.67 bits per heavy atom. The van der Waals surface area contributed by atoms with E-state index in [-0.39, 0.29) is 0 Å². The minimum absolute atomic E-state index is 0.667. The van der Waals surface area contributed by atoms with Crippen LogP contribution in [0.5, 0.6) is 0 Å². The number of hydrogen-bond acceptors (Lipinski definition) is 1. The molecule has 0 aliphatic heterocycles. The van der Waals surface area contributed by atoms with Crippen molar-refractivity contribution in [2.75, 3.05) is 0 Å². The average Bonchev–Trinajstić information content (AvgIpc) is 1.88. The van der Waals surface area contributed by atoms with Gasteiger partial charge in [-0.2, -0.15) is 0 Å². The van der Waals surface area contributed by atoms with Gasteiger partial charge in [0.2, 0.25) is 0 Å². The second kappa shape index (κ2) is 3.29. The van der Waals surface area contributed by atoms with Crippen molar-refractivity contribution in [2.24, 2.45) is 5.73 Å². The second-order valence-electron chi connectivity index (χ2n) is 1.95. The maximum atomic E-state index is 5.44. The number of hydrogen-bond donors (Lipinski definition) is 1. The van der Waals surface area contributed by atoms with E-state index in [9.17, 15) is 0 Å². The second-order valence-corrected chi connectivity index (χ2v) is 4.54. The van der Waals surface area contributed by atoms with E-state index in [1.54, 1.807) is 0 Å². The minimum atomic E-state index is 0.667. The van der Waals surface area contributed by atoms with Crippen molar-refractivity contribution in [3.05, 3.63) is 29.8 Å². The summed E-state index contributed by atoms with van der Waals surface area (Å²) in [6.45, 7) is 0.667. The van der Waals surface area contributed by atoms with E-state index in [0.717, 1.165) is 24.7 Å². The molecule has 1 aromatic rings. The molecule has 0 aromatic heterocycles. The summed E-state index contributed by atoms with van der Waals surface area (Å²) >= 11 is 0.932. The Bertz CT molecular complexity index is 198. The predicted molar refractivity (Wildman–Crippen MR) is 42.5 cm³/mol. The summed E-state index contributed by atoms with van der Waals surface area (Å²) in [7, 11) is 0. The first-order valence-electron chi connectivity index (χ1n) is 2.87. The first kappa shape index (κ1) is 7.17. The first-order valence-corrected chi connectivity index (χ1v) is 5.12. The molecule has 2 heteroatoms. The molecule has 0 heterocycles. The fourth-order valence-electron chi connectivity index (χ4n) is 0.720. The molecular weight excluding hydrogens is 307 g/mol. The van der Waals surface area contributed by atoms with Gasteiger partial charge in [-0.3, -0.25) is 0 Å². The molecule has 0 unspecified atom stereocenters. The van der Waals surface area contributed by atoms with E-state index in [1.807, 2.05) is 0 Å². The van der Waals surface area contributed by atoms with Gasteiger partial charge in [0.1, 0.15) is 0 Å². The summed E-state index contributed by atoms with van der Waals surface area (Å²) in [6.07, 6.45) is 0. The Kier molecular flexibility index (Phi) is 2.62. The van der Waals surface area contributed by atoms with Crippen molar-refractivity contribution in [1.82, 2.24) is 0 Å². The molecule has 9 heavy (non-hydrogen) atoms. The Morgan fingerprint density at radius 1 is 1.44 bits per heavy atom. The number of benzene rings is 1. The molecular formula is C7H10BiN. The van der Waals surface area contributed by atoms with Gasteiger partial charge in [-0.15, -0.1) is 0 Å². The monoisotopic (exact) mass is 317 g/mol. The summed E-state index contributed by atoms with van der Waals surface area (Å²) in [5, 5.41) is 0. The van der Waals surface area contributed by atoms with E-state index in [2.05, 4.69) is 24.3 Å². The van der Waals surface area contributed by atoms with E-state index in [0.29, 0.717) is 6.54 Å². The van der Waals surface area contributed by atoms with Crippen LogP contribution in [-0.2, 0) is 6.54 Å². The van der Waals surface area contributed by atoms with Crippen molar-refractivity contribution in [2.45, 2.75) is 6.54 Å². The Balaban J connectivity index is 2.94. The molecule has 0 aliphatic carbocycles. The molecule has 0 aliphatic rings. The van der Waals surface area contributed by atoms with Gasteiger partial charge in [-0.05, 0) is 0 Å². The van der Waals surface area contributed by atoms with Crippen LogP contribution in [0.4, 0.5) is 0 Å². The standard InChI is InChI=1S/C7H8N.Bi.2H/c8-6-7-4-2-1-3-5-7;;;/h1-2,4-5H,6,8H2;;;. The molecule has 48 valence electrons. The Morgan fingerprint density at radius 2 is 2.22 bits per heavy atom. The SMILES string of the molecule is NCc1ccc[c]([BiH2])c1. The molecule has 0 fully saturated rings. The van der Waals surface area contributed by atoms with Gasteiger partial charge in [0.25, 0.3) is 0 Å². The van der Waals surface area contributed by atoms with Gasteiger partial charge in [-0.1, -0.05) is 0 Å². The van der Waals surface area contributed by atoms with E-state index >= 15 is 0 Å². The third-order valence-electron chi connectivity index (χ3n) is 1.19. The van der Waals surface area contributed by atoms with Crippen LogP contribution in [0, 0.1) is 0 Å². The van der Waals surface area contributed by atoms with Gasteiger partial charge in [0, 0.05) is 0 Å². The predicted octanol–water partition coefficient (Wildman–Crippen LogP) is -0.596. The van der Waals surface area contributed by atoms with Crippen LogP contribution in [0.15, 0.2) is 24.3 Å². The molecule has 0 spiro atoms. The van der Waals surface area contributed by atoms with Gasteiger partial charge >= 0.3 is 70.1 Å². The van der Waals surface area contributed by atoms with Crippen LogP contribution in [0.2, 0.25) is 0 Å². The molecule has 2 N–H and O–H groups in total. The molecule has 0 atom stereocenters. The third kappa shape index (κ3) is 2.04. The van der Waals surface area contributed by atoms with Crippen LogP contribution >= 0.6 is 0 Å². The maximum absolute atomic E-state index is 5.44. The van der Waals surface area contributed by atoms with Crippen molar-refractivity contribution in [3.8, 4) is 0 Å². The van der Waals surface area contributed by atoms with E-state index < -0.39 is 0 Å². The van der Waals surface area contributed by atoms with Gasteiger partial charge < -0.3 is 0 Å². The molecule has 0 amide bonds. The summed E-state index contributed by atoms with van der Waals surface area (Å²) in [5.41, 5.74) is 6.68. The summed E-state index contributed by atoms with van der Waals surface area (Å²) < 4.78 is 1.44. The van der Waals surface area contributed by atoms with Crippen LogP contribution < -0.4 is 9.01 Å². The molecule has 1 rings (SSSR count). The molecule has 1 aromatic carbocycles. The number of rotatable bonds is 1. The number of nitrogens with two attached hydrogens (primary N) is 1. The summed E-state index contributed by atoms with van der Waals surface area (Å²) in [6, 6.07) is 8.44. The van der Waals surface area contributed by atoms with Crippen LogP contribution in [-0.4, -0.2) is 24.7 Å². The summed E-state index contributed by atoms with van der Waals surface area (Å²) in [4.78, 5) is 0. The molecule has 0 bridgehead atoms. The first-order chi connectivity index (χ1) is 4.33. The van der Waals surface area contributed by atoms with Crippen molar-refractivity contribution < 1.29 is 0 Å². The molecule has 0 saturated heterocycles. The third-order valence-corrected chi connectivity index (χ3v) is 2.58. The quantitative estimate of drug-likeness (QED) is 0.688. The van der Waals surface area contributed by atoms with Gasteiger partial charge in [-0.25, -0.2) is 0 Å². The van der Waals surface area contributed by atoms with E-state index in [4.69, 9.17) is 5.73 Å². The van der Waals surface area contributed by atoms with Crippen LogP contribution in [0.3, 0.4) is 0 Å². The van der Waals surface area contributed by atoms with Crippen molar-refractivity contribution in [3.63, 3.8) is 0 Å². The zero-order valence-corrected chi connectivity index (χ0v) is 9.66. The topological polar surface area (TPSA) is 26.0 Å². The molecule has 0 saturated carbocycles.